The van der Waals surface area contributed by atoms with Gasteiger partial charge in [0.05, 0.1) is 6.07 Å². The van der Waals surface area contributed by atoms with E-state index in [0.29, 0.717) is 5.56 Å². The topological polar surface area (TPSA) is 27.0 Å². The Morgan fingerprint density at radius 1 is 1.19 bits per heavy atom. The maximum absolute atomic E-state index is 13.1. The van der Waals surface area contributed by atoms with Gasteiger partial charge in [-0.15, -0.1) is 0 Å². The van der Waals surface area contributed by atoms with Crippen LogP contribution >= 0.6 is 0 Å². The predicted octanol–water partition coefficient (Wildman–Crippen LogP) is 2.63. The molecule has 0 bridgehead atoms. The third-order valence-corrected chi connectivity index (χ3v) is 2.89. The second-order valence-electron chi connectivity index (χ2n) is 3.95. The molecule has 0 saturated carbocycles. The molecule has 16 heavy (non-hydrogen) atoms. The summed E-state index contributed by atoms with van der Waals surface area (Å²) < 4.78 is 25.8. The first-order chi connectivity index (χ1) is 7.72. The minimum atomic E-state index is -0.892. The molecule has 1 heterocycles. The fourth-order valence-corrected chi connectivity index (χ4v) is 2.05. The Bertz CT molecular complexity index is 420. The molecule has 2 rings (SSSR count). The van der Waals surface area contributed by atoms with Crippen LogP contribution in [0.2, 0.25) is 0 Å². The van der Waals surface area contributed by atoms with Crippen LogP contribution < -0.4 is 0 Å². The Hall–Kier alpha value is -1.47. The van der Waals surface area contributed by atoms with Crippen molar-refractivity contribution in [1.29, 1.82) is 5.26 Å². The van der Waals surface area contributed by atoms with Crippen molar-refractivity contribution in [2.75, 3.05) is 13.1 Å². The van der Waals surface area contributed by atoms with E-state index in [9.17, 15) is 8.78 Å². The summed E-state index contributed by atoms with van der Waals surface area (Å²) in [7, 11) is 0. The van der Waals surface area contributed by atoms with Gasteiger partial charge in [-0.25, -0.2) is 8.78 Å². The number of rotatable bonds is 2. The van der Waals surface area contributed by atoms with E-state index in [1.807, 2.05) is 4.90 Å². The number of likely N-dealkylation sites (tertiary alicyclic amines) is 1. The normalized spacial score (nSPS) is 18.3. The van der Waals surface area contributed by atoms with Crippen molar-refractivity contribution in [2.24, 2.45) is 0 Å². The van der Waals surface area contributed by atoms with Gasteiger partial charge in [0.1, 0.15) is 6.04 Å². The molecule has 1 saturated heterocycles. The second kappa shape index (κ2) is 4.58. The van der Waals surface area contributed by atoms with Crippen molar-refractivity contribution in [2.45, 2.75) is 18.9 Å². The SMILES string of the molecule is N#CC(c1ccc(F)c(F)c1)N1CCCC1. The summed E-state index contributed by atoms with van der Waals surface area (Å²) in [4.78, 5) is 1.99. The molecule has 0 N–H and O–H groups in total. The fraction of sp³-hybridized carbons (Fsp3) is 0.417. The van der Waals surface area contributed by atoms with E-state index in [4.69, 9.17) is 5.26 Å². The summed E-state index contributed by atoms with van der Waals surface area (Å²) in [5, 5.41) is 9.09. The van der Waals surface area contributed by atoms with Crippen molar-refractivity contribution in [1.82, 2.24) is 4.90 Å². The van der Waals surface area contributed by atoms with Gasteiger partial charge in [-0.05, 0) is 43.6 Å². The fourth-order valence-electron chi connectivity index (χ4n) is 2.05. The summed E-state index contributed by atoms with van der Waals surface area (Å²) in [5.74, 6) is -1.76. The lowest BCUT2D eigenvalue weighted by molar-refractivity contribution is 0.293. The van der Waals surface area contributed by atoms with E-state index in [-0.39, 0.29) is 0 Å². The Kier molecular flexibility index (Phi) is 3.16. The van der Waals surface area contributed by atoms with Crippen LogP contribution in [0.15, 0.2) is 18.2 Å². The van der Waals surface area contributed by atoms with E-state index in [0.717, 1.165) is 38.1 Å². The van der Waals surface area contributed by atoms with E-state index in [1.165, 1.54) is 6.07 Å². The van der Waals surface area contributed by atoms with E-state index >= 15 is 0 Å². The van der Waals surface area contributed by atoms with Crippen molar-refractivity contribution < 1.29 is 8.78 Å². The molecule has 2 nitrogen and oxygen atoms in total. The van der Waals surface area contributed by atoms with Gasteiger partial charge in [-0.3, -0.25) is 4.90 Å². The van der Waals surface area contributed by atoms with Crippen LogP contribution in [0.5, 0.6) is 0 Å². The molecular weight excluding hydrogens is 210 g/mol. The highest BCUT2D eigenvalue weighted by Gasteiger charge is 2.23. The zero-order chi connectivity index (χ0) is 11.5. The molecule has 0 radical (unpaired) electrons. The quantitative estimate of drug-likeness (QED) is 0.769. The van der Waals surface area contributed by atoms with Crippen molar-refractivity contribution >= 4 is 0 Å². The molecular formula is C12H12F2N2. The van der Waals surface area contributed by atoms with Crippen LogP contribution in [-0.4, -0.2) is 18.0 Å². The zero-order valence-electron chi connectivity index (χ0n) is 8.79. The average Bonchev–Trinajstić information content (AvgIpc) is 2.78. The molecule has 1 aromatic carbocycles. The molecule has 1 aromatic rings. The highest BCUT2D eigenvalue weighted by atomic mass is 19.2. The second-order valence-corrected chi connectivity index (χ2v) is 3.95. The number of halogens is 2. The molecule has 1 fully saturated rings. The summed E-state index contributed by atoms with van der Waals surface area (Å²) in [6.45, 7) is 1.69. The first-order valence-electron chi connectivity index (χ1n) is 5.31. The maximum atomic E-state index is 13.1. The van der Waals surface area contributed by atoms with E-state index in [2.05, 4.69) is 6.07 Å². The monoisotopic (exact) mass is 222 g/mol. The maximum Gasteiger partial charge on any atom is 0.159 e. The minimum absolute atomic E-state index is 0.461. The largest absolute Gasteiger partial charge is 0.284 e. The van der Waals surface area contributed by atoms with Crippen LogP contribution in [0, 0.1) is 23.0 Å². The van der Waals surface area contributed by atoms with Gasteiger partial charge in [0.15, 0.2) is 11.6 Å². The summed E-state index contributed by atoms with van der Waals surface area (Å²) in [6, 6.07) is 5.35. The molecule has 84 valence electrons. The highest BCUT2D eigenvalue weighted by Crippen LogP contribution is 2.25. The predicted molar refractivity (Wildman–Crippen MR) is 55.5 cm³/mol. The lowest BCUT2D eigenvalue weighted by atomic mass is 10.1. The van der Waals surface area contributed by atoms with Crippen molar-refractivity contribution in [3.63, 3.8) is 0 Å². The molecule has 1 unspecified atom stereocenters. The standard InChI is InChI=1S/C12H12F2N2/c13-10-4-3-9(7-11(10)14)12(8-15)16-5-1-2-6-16/h3-4,7,12H,1-2,5-6H2. The Balaban J connectivity index is 2.26. The van der Waals surface area contributed by atoms with Crippen molar-refractivity contribution in [3.05, 3.63) is 35.4 Å². The van der Waals surface area contributed by atoms with Crippen LogP contribution in [0.4, 0.5) is 8.78 Å². The van der Waals surface area contributed by atoms with Crippen LogP contribution in [0.1, 0.15) is 24.4 Å². The Morgan fingerprint density at radius 3 is 2.44 bits per heavy atom. The lowest BCUT2D eigenvalue weighted by Gasteiger charge is -2.21. The Morgan fingerprint density at radius 2 is 1.88 bits per heavy atom. The Labute approximate surface area is 93.1 Å². The number of hydrogen-bond acceptors (Lipinski definition) is 2. The number of nitriles is 1. The molecule has 0 aliphatic carbocycles. The van der Waals surface area contributed by atoms with Gasteiger partial charge >= 0.3 is 0 Å². The van der Waals surface area contributed by atoms with Crippen LogP contribution in [0.25, 0.3) is 0 Å². The van der Waals surface area contributed by atoms with Gasteiger partial charge < -0.3 is 0 Å². The number of hydrogen-bond donors (Lipinski definition) is 0. The molecule has 4 heteroatoms. The smallest absolute Gasteiger partial charge is 0.159 e. The number of benzene rings is 1. The molecule has 1 atom stereocenters. The van der Waals surface area contributed by atoms with Gasteiger partial charge in [0.2, 0.25) is 0 Å². The average molecular weight is 222 g/mol. The van der Waals surface area contributed by atoms with Gasteiger partial charge in [0.25, 0.3) is 0 Å². The zero-order valence-corrected chi connectivity index (χ0v) is 8.79. The van der Waals surface area contributed by atoms with Gasteiger partial charge in [-0.2, -0.15) is 5.26 Å². The number of nitrogens with zero attached hydrogens (tertiary/aromatic N) is 2. The third kappa shape index (κ3) is 2.05. The third-order valence-electron chi connectivity index (χ3n) is 2.89. The highest BCUT2D eigenvalue weighted by molar-refractivity contribution is 5.26. The first-order valence-corrected chi connectivity index (χ1v) is 5.31. The molecule has 0 amide bonds. The van der Waals surface area contributed by atoms with Crippen LogP contribution in [-0.2, 0) is 0 Å². The van der Waals surface area contributed by atoms with Gasteiger partial charge in [-0.1, -0.05) is 6.07 Å². The molecule has 0 spiro atoms. The molecule has 1 aliphatic rings. The summed E-state index contributed by atoms with van der Waals surface area (Å²) in [6.07, 6.45) is 2.11. The van der Waals surface area contributed by atoms with Crippen molar-refractivity contribution in [3.8, 4) is 6.07 Å². The van der Waals surface area contributed by atoms with Crippen LogP contribution in [0.3, 0.4) is 0 Å². The molecule has 1 aliphatic heterocycles. The summed E-state index contributed by atoms with van der Waals surface area (Å²) in [5.41, 5.74) is 0.531. The molecule has 0 aromatic heterocycles. The minimum Gasteiger partial charge on any atom is -0.284 e. The first kappa shape index (κ1) is 11.0. The summed E-state index contributed by atoms with van der Waals surface area (Å²) >= 11 is 0. The lowest BCUT2D eigenvalue weighted by Crippen LogP contribution is -2.24. The van der Waals surface area contributed by atoms with E-state index < -0.39 is 17.7 Å². The van der Waals surface area contributed by atoms with E-state index in [1.54, 1.807) is 0 Å². The van der Waals surface area contributed by atoms with Gasteiger partial charge in [0, 0.05) is 0 Å².